The molecule has 5 nitrogen and oxygen atoms in total. The van der Waals surface area contributed by atoms with Gasteiger partial charge in [-0.2, -0.15) is 0 Å². The van der Waals surface area contributed by atoms with Crippen molar-refractivity contribution in [3.05, 3.63) is 57.8 Å². The molecule has 0 aliphatic rings. The van der Waals surface area contributed by atoms with Crippen molar-refractivity contribution in [1.82, 2.24) is 0 Å². The van der Waals surface area contributed by atoms with Gasteiger partial charge >= 0.3 is 0 Å². The lowest BCUT2D eigenvalue weighted by Gasteiger charge is -1.93. The van der Waals surface area contributed by atoms with Gasteiger partial charge in [-0.15, -0.1) is 0 Å². The van der Waals surface area contributed by atoms with E-state index in [-0.39, 0.29) is 23.8 Å². The van der Waals surface area contributed by atoms with Gasteiger partial charge in [0.2, 0.25) is 0 Å². The Hall–Kier alpha value is -2.11. The van der Waals surface area contributed by atoms with Crippen LogP contribution in [0.3, 0.4) is 0 Å². The lowest BCUT2D eigenvalue weighted by atomic mass is 10.3. The van der Waals surface area contributed by atoms with Crippen molar-refractivity contribution in [1.29, 1.82) is 0 Å². The molecular formula is C10H14FN3O2. The minimum absolute atomic E-state index is 0.116. The second-order valence-corrected chi connectivity index (χ2v) is 2.81. The predicted octanol–water partition coefficient (Wildman–Crippen LogP) is 1.59. The highest BCUT2D eigenvalue weighted by atomic mass is 19.1. The molecule has 1 aromatic rings. The van der Waals surface area contributed by atoms with Gasteiger partial charge in [0.05, 0.1) is 4.92 Å². The molecule has 0 fully saturated rings. The first-order valence-electron chi connectivity index (χ1n) is 4.58. The van der Waals surface area contributed by atoms with E-state index in [4.69, 9.17) is 11.5 Å². The Balaban J connectivity index is 0.000000288. The van der Waals surface area contributed by atoms with Crippen LogP contribution in [0.2, 0.25) is 0 Å². The molecule has 0 spiro atoms. The van der Waals surface area contributed by atoms with Gasteiger partial charge in [0, 0.05) is 6.42 Å². The smallest absolute Gasteiger partial charge is 0.285 e. The Bertz CT molecular complexity index is 362. The molecule has 0 atom stereocenters. The number of halogens is 1. The lowest BCUT2D eigenvalue weighted by Crippen LogP contribution is -2.16. The summed E-state index contributed by atoms with van der Waals surface area (Å²) in [5, 5.41) is 9.96. The zero-order chi connectivity index (χ0) is 12.6. The van der Waals surface area contributed by atoms with Crippen LogP contribution >= 0.6 is 0 Å². The fourth-order valence-electron chi connectivity index (χ4n) is 0.853. The van der Waals surface area contributed by atoms with E-state index in [2.05, 4.69) is 0 Å². The summed E-state index contributed by atoms with van der Waals surface area (Å²) in [6.45, 7) is 1.62. The Labute approximate surface area is 92.7 Å². The van der Waals surface area contributed by atoms with Crippen LogP contribution in [-0.4, -0.2) is 4.92 Å². The van der Waals surface area contributed by atoms with E-state index >= 15 is 0 Å². The predicted molar refractivity (Wildman–Crippen MR) is 59.1 cm³/mol. The lowest BCUT2D eigenvalue weighted by molar-refractivity contribution is -0.428. The number of nitro groups is 1. The molecule has 88 valence electrons. The molecule has 16 heavy (non-hydrogen) atoms. The zero-order valence-corrected chi connectivity index (χ0v) is 8.89. The van der Waals surface area contributed by atoms with Crippen LogP contribution < -0.4 is 11.5 Å². The van der Waals surface area contributed by atoms with Crippen LogP contribution in [0.15, 0.2) is 41.8 Å². The van der Waals surface area contributed by atoms with E-state index in [1.165, 1.54) is 12.1 Å². The maximum Gasteiger partial charge on any atom is 0.285 e. The van der Waals surface area contributed by atoms with Crippen molar-refractivity contribution in [3.8, 4) is 0 Å². The quantitative estimate of drug-likeness (QED) is 0.592. The minimum Gasteiger partial charge on any atom is -0.380 e. The van der Waals surface area contributed by atoms with Crippen LogP contribution in [0.4, 0.5) is 4.39 Å². The van der Waals surface area contributed by atoms with E-state index in [9.17, 15) is 14.5 Å². The standard InChI is InChI=1S/C6H5F.C4H9N3O2/c7-6-4-2-1-3-5-6;1-2-3(4(5)6)7(8)9/h1-5H;2,5-6H2,1H3. The number of rotatable bonds is 2. The van der Waals surface area contributed by atoms with Gasteiger partial charge in [-0.3, -0.25) is 10.1 Å². The molecule has 4 N–H and O–H groups in total. The number of hydrogen-bond acceptors (Lipinski definition) is 4. The summed E-state index contributed by atoms with van der Waals surface area (Å²) in [6.07, 6.45) is 0.259. The van der Waals surface area contributed by atoms with Crippen LogP contribution in [0, 0.1) is 15.9 Å². The highest BCUT2D eigenvalue weighted by molar-refractivity contribution is 5.02. The molecule has 1 rings (SSSR count). The number of nitrogens with zero attached hydrogens (tertiary/aromatic N) is 1. The van der Waals surface area contributed by atoms with Crippen molar-refractivity contribution in [2.45, 2.75) is 13.3 Å². The number of hydrogen-bond donors (Lipinski definition) is 2. The maximum atomic E-state index is 11.9. The topological polar surface area (TPSA) is 95.2 Å². The molecule has 0 aliphatic heterocycles. The van der Waals surface area contributed by atoms with Gasteiger partial charge in [0.25, 0.3) is 5.70 Å². The number of benzene rings is 1. The molecular weight excluding hydrogens is 213 g/mol. The normalized spacial score (nSPS) is 8.62. The summed E-state index contributed by atoms with van der Waals surface area (Å²) in [7, 11) is 0. The van der Waals surface area contributed by atoms with E-state index < -0.39 is 4.92 Å². The van der Waals surface area contributed by atoms with Gasteiger partial charge in [-0.25, -0.2) is 4.39 Å². The third kappa shape index (κ3) is 5.58. The third-order valence-corrected chi connectivity index (χ3v) is 1.62. The van der Waals surface area contributed by atoms with E-state index in [0.29, 0.717) is 0 Å². The minimum atomic E-state index is -0.574. The number of allylic oxidation sites excluding steroid dienone is 1. The second-order valence-electron chi connectivity index (χ2n) is 2.81. The SMILES string of the molecule is CCC(=C(N)N)[N+](=O)[O-].Fc1ccccc1. The Kier molecular flexibility index (Phi) is 6.27. The molecule has 0 radical (unpaired) electrons. The third-order valence-electron chi connectivity index (χ3n) is 1.62. The fraction of sp³-hybridized carbons (Fsp3) is 0.200. The molecule has 0 aliphatic carbocycles. The zero-order valence-electron chi connectivity index (χ0n) is 8.89. The Morgan fingerprint density at radius 1 is 1.38 bits per heavy atom. The summed E-state index contributed by atoms with van der Waals surface area (Å²) in [6, 6.07) is 7.94. The van der Waals surface area contributed by atoms with E-state index in [1.54, 1.807) is 25.1 Å². The van der Waals surface area contributed by atoms with Crippen LogP contribution in [0.1, 0.15) is 13.3 Å². The van der Waals surface area contributed by atoms with Crippen molar-refractivity contribution in [2.75, 3.05) is 0 Å². The summed E-state index contributed by atoms with van der Waals surface area (Å²) in [5.74, 6) is -0.384. The van der Waals surface area contributed by atoms with Crippen LogP contribution in [-0.2, 0) is 0 Å². The molecule has 1 aromatic carbocycles. The fourth-order valence-corrected chi connectivity index (χ4v) is 0.853. The Morgan fingerprint density at radius 2 is 1.88 bits per heavy atom. The van der Waals surface area contributed by atoms with Crippen molar-refractivity contribution < 1.29 is 9.31 Å². The van der Waals surface area contributed by atoms with Gasteiger partial charge in [-0.05, 0) is 12.1 Å². The first-order chi connectivity index (χ1) is 7.49. The molecule has 0 heterocycles. The van der Waals surface area contributed by atoms with Crippen LogP contribution in [0.5, 0.6) is 0 Å². The maximum absolute atomic E-state index is 11.9. The van der Waals surface area contributed by atoms with Crippen molar-refractivity contribution >= 4 is 0 Å². The number of nitrogens with two attached hydrogens (primary N) is 2. The molecule has 6 heteroatoms. The molecule has 0 unspecified atom stereocenters. The molecule has 0 amide bonds. The monoisotopic (exact) mass is 227 g/mol. The van der Waals surface area contributed by atoms with Gasteiger partial charge in [0.15, 0.2) is 5.82 Å². The molecule has 0 saturated carbocycles. The van der Waals surface area contributed by atoms with Gasteiger partial charge in [-0.1, -0.05) is 25.1 Å². The summed E-state index contributed by atoms with van der Waals surface area (Å²) < 4.78 is 11.9. The van der Waals surface area contributed by atoms with Gasteiger partial charge < -0.3 is 11.5 Å². The second kappa shape index (κ2) is 7.22. The highest BCUT2D eigenvalue weighted by Gasteiger charge is 2.09. The average Bonchev–Trinajstić information content (AvgIpc) is 2.19. The van der Waals surface area contributed by atoms with Gasteiger partial charge in [0.1, 0.15) is 5.82 Å². The summed E-state index contributed by atoms with van der Waals surface area (Å²) in [5.41, 5.74) is 9.81. The largest absolute Gasteiger partial charge is 0.380 e. The molecule has 0 saturated heterocycles. The van der Waals surface area contributed by atoms with Crippen molar-refractivity contribution in [3.63, 3.8) is 0 Å². The summed E-state index contributed by atoms with van der Waals surface area (Å²) >= 11 is 0. The highest BCUT2D eigenvalue weighted by Crippen LogP contribution is 1.99. The first-order valence-corrected chi connectivity index (χ1v) is 4.58. The van der Waals surface area contributed by atoms with Crippen molar-refractivity contribution in [2.24, 2.45) is 11.5 Å². The van der Waals surface area contributed by atoms with E-state index in [0.717, 1.165) is 0 Å². The molecule has 0 bridgehead atoms. The van der Waals surface area contributed by atoms with Crippen LogP contribution in [0.25, 0.3) is 0 Å². The first kappa shape index (κ1) is 13.9. The Morgan fingerprint density at radius 3 is 2.00 bits per heavy atom. The summed E-state index contributed by atoms with van der Waals surface area (Å²) in [4.78, 5) is 9.39. The molecule has 0 aromatic heterocycles. The van der Waals surface area contributed by atoms with E-state index in [1.807, 2.05) is 0 Å². The average molecular weight is 227 g/mol.